The van der Waals surface area contributed by atoms with E-state index in [1.807, 2.05) is 31.2 Å². The SMILES string of the molecule is COc1ccc(NC(=O)C(=O)NCC(OCCO)c2ccc(C)cc2)cc1OC. The summed E-state index contributed by atoms with van der Waals surface area (Å²) >= 11 is 0. The highest BCUT2D eigenvalue weighted by atomic mass is 16.5. The van der Waals surface area contributed by atoms with Crippen molar-refractivity contribution < 1.29 is 28.9 Å². The van der Waals surface area contributed by atoms with Crippen molar-refractivity contribution in [3.63, 3.8) is 0 Å². The van der Waals surface area contributed by atoms with Crippen molar-refractivity contribution in [1.82, 2.24) is 5.32 Å². The number of rotatable bonds is 9. The maximum absolute atomic E-state index is 12.2. The van der Waals surface area contributed by atoms with E-state index in [4.69, 9.17) is 19.3 Å². The number of hydrogen-bond donors (Lipinski definition) is 3. The molecule has 0 bridgehead atoms. The second-order valence-electron chi connectivity index (χ2n) is 6.23. The van der Waals surface area contributed by atoms with E-state index in [-0.39, 0.29) is 19.8 Å². The molecular formula is C21H26N2O6. The first-order valence-electron chi connectivity index (χ1n) is 9.08. The van der Waals surface area contributed by atoms with Gasteiger partial charge < -0.3 is 30.0 Å². The van der Waals surface area contributed by atoms with Gasteiger partial charge in [-0.2, -0.15) is 0 Å². The van der Waals surface area contributed by atoms with Gasteiger partial charge in [0.05, 0.1) is 33.5 Å². The molecule has 0 aliphatic carbocycles. The minimum atomic E-state index is -0.818. The molecule has 2 aromatic carbocycles. The Morgan fingerprint density at radius 3 is 2.31 bits per heavy atom. The number of aryl methyl sites for hydroxylation is 1. The summed E-state index contributed by atoms with van der Waals surface area (Å²) in [6.45, 7) is 2.03. The summed E-state index contributed by atoms with van der Waals surface area (Å²) in [7, 11) is 2.99. The number of hydrogen-bond acceptors (Lipinski definition) is 6. The number of nitrogens with one attached hydrogen (secondary N) is 2. The molecule has 0 saturated heterocycles. The lowest BCUT2D eigenvalue weighted by Gasteiger charge is -2.19. The zero-order valence-corrected chi connectivity index (χ0v) is 16.7. The molecule has 2 amide bonds. The smallest absolute Gasteiger partial charge is 0.313 e. The van der Waals surface area contributed by atoms with Gasteiger partial charge in [0.15, 0.2) is 11.5 Å². The molecule has 8 heteroatoms. The summed E-state index contributed by atoms with van der Waals surface area (Å²) in [6.07, 6.45) is -0.486. The van der Waals surface area contributed by atoms with E-state index in [9.17, 15) is 9.59 Å². The Labute approximate surface area is 169 Å². The first kappa shape index (κ1) is 22.2. The third-order valence-electron chi connectivity index (χ3n) is 4.16. The number of anilines is 1. The molecule has 1 atom stereocenters. The number of methoxy groups -OCH3 is 2. The summed E-state index contributed by atoms with van der Waals surface area (Å²) in [5.74, 6) is -0.675. The molecule has 0 fully saturated rings. The molecule has 8 nitrogen and oxygen atoms in total. The highest BCUT2D eigenvalue weighted by Crippen LogP contribution is 2.29. The van der Waals surface area contributed by atoms with E-state index in [1.54, 1.807) is 18.2 Å². The summed E-state index contributed by atoms with van der Waals surface area (Å²) in [5.41, 5.74) is 2.33. The van der Waals surface area contributed by atoms with Gasteiger partial charge in [-0.15, -0.1) is 0 Å². The predicted molar refractivity (Wildman–Crippen MR) is 108 cm³/mol. The van der Waals surface area contributed by atoms with E-state index in [1.165, 1.54) is 14.2 Å². The van der Waals surface area contributed by atoms with Gasteiger partial charge in [0, 0.05) is 18.3 Å². The Morgan fingerprint density at radius 1 is 1.00 bits per heavy atom. The summed E-state index contributed by atoms with van der Waals surface area (Å²) in [6, 6.07) is 12.4. The van der Waals surface area contributed by atoms with Crippen LogP contribution in [0.2, 0.25) is 0 Å². The van der Waals surface area contributed by atoms with Crippen LogP contribution in [0.15, 0.2) is 42.5 Å². The van der Waals surface area contributed by atoms with E-state index in [2.05, 4.69) is 10.6 Å². The van der Waals surface area contributed by atoms with Gasteiger partial charge in [-0.05, 0) is 24.6 Å². The largest absolute Gasteiger partial charge is 0.493 e. The maximum Gasteiger partial charge on any atom is 0.313 e. The van der Waals surface area contributed by atoms with Crippen LogP contribution in [0.4, 0.5) is 5.69 Å². The molecule has 3 N–H and O–H groups in total. The Kier molecular flexibility index (Phi) is 8.45. The summed E-state index contributed by atoms with van der Waals surface area (Å²) in [5, 5.41) is 14.1. The standard InChI is InChI=1S/C21H26N2O6/c1-14-4-6-15(7-5-14)19(29-11-10-24)13-22-20(25)21(26)23-16-8-9-17(27-2)18(12-16)28-3/h4-9,12,19,24H,10-11,13H2,1-3H3,(H,22,25)(H,23,26). The fourth-order valence-electron chi connectivity index (χ4n) is 2.62. The van der Waals surface area contributed by atoms with Gasteiger partial charge in [0.2, 0.25) is 0 Å². The van der Waals surface area contributed by atoms with Gasteiger partial charge in [-0.25, -0.2) is 0 Å². The number of amides is 2. The lowest BCUT2D eigenvalue weighted by atomic mass is 10.1. The normalized spacial score (nSPS) is 11.4. The van der Waals surface area contributed by atoms with Crippen molar-refractivity contribution in [3.05, 3.63) is 53.6 Å². The molecular weight excluding hydrogens is 376 g/mol. The van der Waals surface area contributed by atoms with Crippen molar-refractivity contribution in [1.29, 1.82) is 0 Å². The third-order valence-corrected chi connectivity index (χ3v) is 4.16. The van der Waals surface area contributed by atoms with Crippen molar-refractivity contribution >= 4 is 17.5 Å². The number of carbonyl (C=O) groups is 2. The molecule has 0 saturated carbocycles. The van der Waals surface area contributed by atoms with Crippen LogP contribution in [0.1, 0.15) is 17.2 Å². The van der Waals surface area contributed by atoms with Crippen LogP contribution in [0, 0.1) is 6.92 Å². The van der Waals surface area contributed by atoms with Gasteiger partial charge in [-0.3, -0.25) is 9.59 Å². The number of aliphatic hydroxyl groups excluding tert-OH is 1. The van der Waals surface area contributed by atoms with Gasteiger partial charge in [0.25, 0.3) is 0 Å². The van der Waals surface area contributed by atoms with Crippen LogP contribution in [0.25, 0.3) is 0 Å². The number of benzene rings is 2. The van der Waals surface area contributed by atoms with E-state index >= 15 is 0 Å². The second kappa shape index (κ2) is 11.0. The van der Waals surface area contributed by atoms with Crippen molar-refractivity contribution in [2.75, 3.05) is 39.3 Å². The molecule has 0 aliphatic rings. The van der Waals surface area contributed by atoms with Crippen LogP contribution in [0.5, 0.6) is 11.5 Å². The first-order valence-corrected chi connectivity index (χ1v) is 9.08. The fraction of sp³-hybridized carbons (Fsp3) is 0.333. The third kappa shape index (κ3) is 6.48. The zero-order chi connectivity index (χ0) is 21.2. The van der Waals surface area contributed by atoms with Gasteiger partial charge >= 0.3 is 11.8 Å². The Morgan fingerprint density at radius 2 is 1.69 bits per heavy atom. The van der Waals surface area contributed by atoms with Gasteiger partial charge in [-0.1, -0.05) is 29.8 Å². The molecule has 0 heterocycles. The number of carbonyl (C=O) groups excluding carboxylic acids is 2. The second-order valence-corrected chi connectivity index (χ2v) is 6.23. The average Bonchev–Trinajstić information content (AvgIpc) is 2.74. The quantitative estimate of drug-likeness (QED) is 0.553. The Hall–Kier alpha value is -3.10. The Bertz CT molecular complexity index is 822. The topological polar surface area (TPSA) is 106 Å². The van der Waals surface area contributed by atoms with Crippen molar-refractivity contribution in [3.8, 4) is 11.5 Å². The van der Waals surface area contributed by atoms with Gasteiger partial charge in [0.1, 0.15) is 0 Å². The van der Waals surface area contributed by atoms with Crippen LogP contribution in [-0.2, 0) is 14.3 Å². The number of ether oxygens (including phenoxy) is 3. The first-order chi connectivity index (χ1) is 14.0. The molecule has 0 aliphatic heterocycles. The highest BCUT2D eigenvalue weighted by Gasteiger charge is 2.18. The van der Waals surface area contributed by atoms with Crippen LogP contribution < -0.4 is 20.1 Å². The minimum Gasteiger partial charge on any atom is -0.493 e. The molecule has 29 heavy (non-hydrogen) atoms. The molecule has 2 aromatic rings. The van der Waals surface area contributed by atoms with Crippen molar-refractivity contribution in [2.45, 2.75) is 13.0 Å². The monoisotopic (exact) mass is 402 g/mol. The molecule has 0 radical (unpaired) electrons. The van der Waals surface area contributed by atoms with Crippen LogP contribution >= 0.6 is 0 Å². The lowest BCUT2D eigenvalue weighted by molar-refractivity contribution is -0.136. The fourth-order valence-corrected chi connectivity index (χ4v) is 2.62. The lowest BCUT2D eigenvalue weighted by Crippen LogP contribution is -2.38. The molecule has 0 spiro atoms. The molecule has 1 unspecified atom stereocenters. The van der Waals surface area contributed by atoms with Crippen LogP contribution in [0.3, 0.4) is 0 Å². The summed E-state index contributed by atoms with van der Waals surface area (Å²) < 4.78 is 15.9. The van der Waals surface area contributed by atoms with E-state index in [0.717, 1.165) is 11.1 Å². The van der Waals surface area contributed by atoms with Crippen molar-refractivity contribution in [2.24, 2.45) is 0 Å². The van der Waals surface area contributed by atoms with E-state index < -0.39 is 17.9 Å². The zero-order valence-electron chi connectivity index (χ0n) is 16.7. The van der Waals surface area contributed by atoms with E-state index in [0.29, 0.717) is 17.2 Å². The molecule has 156 valence electrons. The molecule has 0 aromatic heterocycles. The predicted octanol–water partition coefficient (Wildman–Crippen LogP) is 1.82. The van der Waals surface area contributed by atoms with Crippen LogP contribution in [-0.4, -0.2) is 50.9 Å². The number of aliphatic hydroxyl groups is 1. The highest BCUT2D eigenvalue weighted by molar-refractivity contribution is 6.39. The average molecular weight is 402 g/mol. The maximum atomic E-state index is 12.2. The summed E-state index contributed by atoms with van der Waals surface area (Å²) in [4.78, 5) is 24.4. The minimum absolute atomic E-state index is 0.0846. The Balaban J connectivity index is 1.98. The molecule has 2 rings (SSSR count).